The third-order valence-corrected chi connectivity index (χ3v) is 3.20. The van der Waals surface area contributed by atoms with Gasteiger partial charge in [0, 0.05) is 0 Å². The van der Waals surface area contributed by atoms with Gasteiger partial charge in [-0.2, -0.15) is 0 Å². The van der Waals surface area contributed by atoms with Crippen molar-refractivity contribution in [1.82, 2.24) is 0 Å². The molecule has 0 aliphatic carbocycles. The van der Waals surface area contributed by atoms with Gasteiger partial charge in [0.15, 0.2) is 0 Å². The van der Waals surface area contributed by atoms with E-state index < -0.39 is 6.10 Å². The monoisotopic (exact) mass is 288 g/mol. The molecule has 2 rings (SSSR count). The lowest BCUT2D eigenvalue weighted by Crippen LogP contribution is -2.22. The Morgan fingerprint density at radius 3 is 2.43 bits per heavy atom. The van der Waals surface area contributed by atoms with E-state index in [-0.39, 0.29) is 12.2 Å². The highest BCUT2D eigenvalue weighted by Crippen LogP contribution is 2.20. The number of rotatable bonds is 6. The van der Waals surface area contributed by atoms with Crippen molar-refractivity contribution in [3.63, 3.8) is 0 Å². The SMILES string of the molecule is CC(C)(C)OCCOCC(O)c1ccc2ccccc2c1. The number of fused-ring (bicyclic) bond motifs is 1. The third kappa shape index (κ3) is 5.12. The quantitative estimate of drug-likeness (QED) is 0.824. The van der Waals surface area contributed by atoms with Crippen molar-refractivity contribution in [2.24, 2.45) is 0 Å². The van der Waals surface area contributed by atoms with E-state index in [1.165, 1.54) is 5.39 Å². The summed E-state index contributed by atoms with van der Waals surface area (Å²) in [4.78, 5) is 0. The molecule has 114 valence electrons. The van der Waals surface area contributed by atoms with Crippen molar-refractivity contribution >= 4 is 10.8 Å². The van der Waals surface area contributed by atoms with Crippen LogP contribution in [0, 0.1) is 0 Å². The zero-order valence-electron chi connectivity index (χ0n) is 13.0. The molecule has 0 fully saturated rings. The van der Waals surface area contributed by atoms with Gasteiger partial charge in [0.2, 0.25) is 0 Å². The highest BCUT2D eigenvalue weighted by molar-refractivity contribution is 5.83. The average molecular weight is 288 g/mol. The Kier molecular flexibility index (Phi) is 5.34. The van der Waals surface area contributed by atoms with Crippen molar-refractivity contribution in [2.45, 2.75) is 32.5 Å². The fourth-order valence-corrected chi connectivity index (χ4v) is 2.11. The third-order valence-electron chi connectivity index (χ3n) is 3.20. The van der Waals surface area contributed by atoms with Gasteiger partial charge < -0.3 is 14.6 Å². The summed E-state index contributed by atoms with van der Waals surface area (Å²) in [7, 11) is 0. The van der Waals surface area contributed by atoms with Crippen LogP contribution in [0.3, 0.4) is 0 Å². The molecule has 0 radical (unpaired) electrons. The van der Waals surface area contributed by atoms with E-state index in [4.69, 9.17) is 9.47 Å². The minimum absolute atomic E-state index is 0.152. The van der Waals surface area contributed by atoms with E-state index in [2.05, 4.69) is 6.07 Å². The molecule has 1 N–H and O–H groups in total. The molecular weight excluding hydrogens is 264 g/mol. The van der Waals surface area contributed by atoms with Gasteiger partial charge in [0.1, 0.15) is 6.10 Å². The molecular formula is C18H24O3. The molecule has 0 spiro atoms. The Labute approximate surface area is 126 Å². The van der Waals surface area contributed by atoms with Crippen LogP contribution in [-0.4, -0.2) is 30.5 Å². The van der Waals surface area contributed by atoms with Crippen molar-refractivity contribution in [3.05, 3.63) is 48.0 Å². The fraction of sp³-hybridized carbons (Fsp3) is 0.444. The molecule has 1 atom stereocenters. The predicted molar refractivity (Wildman–Crippen MR) is 85.4 cm³/mol. The van der Waals surface area contributed by atoms with Crippen molar-refractivity contribution in [1.29, 1.82) is 0 Å². The summed E-state index contributed by atoms with van der Waals surface area (Å²) < 4.78 is 11.1. The summed E-state index contributed by atoms with van der Waals surface area (Å²) in [6.45, 7) is 7.34. The smallest absolute Gasteiger partial charge is 0.102 e. The normalized spacial score (nSPS) is 13.5. The largest absolute Gasteiger partial charge is 0.386 e. The van der Waals surface area contributed by atoms with Crippen molar-refractivity contribution in [2.75, 3.05) is 19.8 Å². The zero-order valence-corrected chi connectivity index (χ0v) is 13.0. The van der Waals surface area contributed by atoms with E-state index >= 15 is 0 Å². The van der Waals surface area contributed by atoms with Crippen LogP contribution in [-0.2, 0) is 9.47 Å². The van der Waals surface area contributed by atoms with E-state index in [9.17, 15) is 5.11 Å². The summed E-state index contributed by atoms with van der Waals surface area (Å²) >= 11 is 0. The number of aliphatic hydroxyl groups is 1. The van der Waals surface area contributed by atoms with Gasteiger partial charge in [0.25, 0.3) is 0 Å². The number of hydrogen-bond donors (Lipinski definition) is 1. The number of hydrogen-bond acceptors (Lipinski definition) is 3. The van der Waals surface area contributed by atoms with Gasteiger partial charge in [-0.3, -0.25) is 0 Å². The summed E-state index contributed by atoms with van der Waals surface area (Å²) in [5, 5.41) is 12.5. The maximum Gasteiger partial charge on any atom is 0.102 e. The molecule has 2 aromatic carbocycles. The van der Waals surface area contributed by atoms with Gasteiger partial charge in [-0.15, -0.1) is 0 Å². The van der Waals surface area contributed by atoms with Crippen LogP contribution in [0.25, 0.3) is 10.8 Å². The average Bonchev–Trinajstić information content (AvgIpc) is 2.45. The summed E-state index contributed by atoms with van der Waals surface area (Å²) in [5.41, 5.74) is 0.728. The molecule has 3 heteroatoms. The lowest BCUT2D eigenvalue weighted by atomic mass is 10.0. The van der Waals surface area contributed by atoms with Crippen LogP contribution in [0.5, 0.6) is 0 Å². The molecule has 0 aromatic heterocycles. The second kappa shape index (κ2) is 7.03. The lowest BCUT2D eigenvalue weighted by Gasteiger charge is -2.19. The number of benzene rings is 2. The van der Waals surface area contributed by atoms with E-state index in [1.54, 1.807) is 0 Å². The van der Waals surface area contributed by atoms with Gasteiger partial charge >= 0.3 is 0 Å². The van der Waals surface area contributed by atoms with Gasteiger partial charge in [-0.25, -0.2) is 0 Å². The summed E-state index contributed by atoms with van der Waals surface area (Å²) in [6, 6.07) is 14.1. The summed E-state index contributed by atoms with van der Waals surface area (Å²) in [5.74, 6) is 0. The number of ether oxygens (including phenoxy) is 2. The van der Waals surface area contributed by atoms with Crippen LogP contribution in [0.1, 0.15) is 32.4 Å². The van der Waals surface area contributed by atoms with E-state index in [0.717, 1.165) is 10.9 Å². The van der Waals surface area contributed by atoms with Gasteiger partial charge in [0.05, 0.1) is 25.4 Å². The first-order valence-corrected chi connectivity index (χ1v) is 7.34. The van der Waals surface area contributed by atoms with E-state index in [0.29, 0.717) is 13.2 Å². The number of aliphatic hydroxyl groups excluding tert-OH is 1. The second-order valence-corrected chi connectivity index (χ2v) is 6.16. The van der Waals surface area contributed by atoms with Gasteiger partial charge in [-0.05, 0) is 43.2 Å². The zero-order chi connectivity index (χ0) is 15.3. The molecule has 1 unspecified atom stereocenters. The molecule has 0 aliphatic rings. The highest BCUT2D eigenvalue weighted by atomic mass is 16.5. The molecule has 0 saturated heterocycles. The second-order valence-electron chi connectivity index (χ2n) is 6.16. The lowest BCUT2D eigenvalue weighted by molar-refractivity contribution is -0.0477. The molecule has 21 heavy (non-hydrogen) atoms. The van der Waals surface area contributed by atoms with Crippen LogP contribution in [0.15, 0.2) is 42.5 Å². The molecule has 0 aliphatic heterocycles. The van der Waals surface area contributed by atoms with Gasteiger partial charge in [-0.1, -0.05) is 36.4 Å². The Morgan fingerprint density at radius 2 is 1.71 bits per heavy atom. The minimum Gasteiger partial charge on any atom is -0.386 e. The first-order chi connectivity index (χ1) is 9.96. The van der Waals surface area contributed by atoms with Crippen molar-refractivity contribution in [3.8, 4) is 0 Å². The Morgan fingerprint density at radius 1 is 1.00 bits per heavy atom. The minimum atomic E-state index is -0.607. The van der Waals surface area contributed by atoms with Crippen LogP contribution < -0.4 is 0 Å². The highest BCUT2D eigenvalue weighted by Gasteiger charge is 2.11. The standard InChI is InChI=1S/C18H24O3/c1-18(2,3)21-11-10-20-13-17(19)16-9-8-14-6-4-5-7-15(14)12-16/h4-9,12,17,19H,10-11,13H2,1-3H3. The molecule has 0 heterocycles. The Bertz CT molecular complexity index is 572. The van der Waals surface area contributed by atoms with Crippen LogP contribution >= 0.6 is 0 Å². The van der Waals surface area contributed by atoms with E-state index in [1.807, 2.05) is 57.2 Å². The Balaban J connectivity index is 1.83. The molecule has 3 nitrogen and oxygen atoms in total. The molecule has 0 amide bonds. The maximum absolute atomic E-state index is 10.2. The van der Waals surface area contributed by atoms with Crippen molar-refractivity contribution < 1.29 is 14.6 Å². The maximum atomic E-state index is 10.2. The predicted octanol–water partition coefficient (Wildman–Crippen LogP) is 3.70. The van der Waals surface area contributed by atoms with Crippen LogP contribution in [0.4, 0.5) is 0 Å². The summed E-state index contributed by atoms with van der Waals surface area (Å²) in [6.07, 6.45) is -0.607. The molecule has 2 aromatic rings. The first kappa shape index (κ1) is 16.0. The first-order valence-electron chi connectivity index (χ1n) is 7.34. The topological polar surface area (TPSA) is 38.7 Å². The molecule has 0 saturated carbocycles. The van der Waals surface area contributed by atoms with Crippen LogP contribution in [0.2, 0.25) is 0 Å². The molecule has 0 bridgehead atoms. The fourth-order valence-electron chi connectivity index (χ4n) is 2.11. The Hall–Kier alpha value is -1.42.